The van der Waals surface area contributed by atoms with Crippen molar-refractivity contribution in [2.45, 2.75) is 46.5 Å². The van der Waals surface area contributed by atoms with E-state index in [0.717, 1.165) is 51.3 Å². The van der Waals surface area contributed by atoms with E-state index in [0.29, 0.717) is 28.9 Å². The Morgan fingerprint density at radius 1 is 1.12 bits per heavy atom. The van der Waals surface area contributed by atoms with Crippen LogP contribution in [0.15, 0.2) is 34.9 Å². The van der Waals surface area contributed by atoms with Gasteiger partial charge in [0.15, 0.2) is 0 Å². The third-order valence-corrected chi connectivity index (χ3v) is 6.40. The Kier molecular flexibility index (Phi) is 7.28. The van der Waals surface area contributed by atoms with Crippen LogP contribution >= 0.6 is 0 Å². The number of unbranched alkanes of at least 4 members (excludes halogenated alkanes) is 1. The predicted octanol–water partition coefficient (Wildman–Crippen LogP) is 4.30. The molecule has 1 fully saturated rings. The summed E-state index contributed by atoms with van der Waals surface area (Å²) in [6, 6.07) is 10.6. The summed E-state index contributed by atoms with van der Waals surface area (Å²) in [5.74, 6) is 0.125. The van der Waals surface area contributed by atoms with Crippen LogP contribution in [0.5, 0.6) is 0 Å². The van der Waals surface area contributed by atoms with E-state index in [1.807, 2.05) is 13.0 Å². The van der Waals surface area contributed by atoms with Gasteiger partial charge in [-0.25, -0.2) is 4.98 Å². The zero-order valence-corrected chi connectivity index (χ0v) is 20.2. The Morgan fingerprint density at radius 2 is 1.91 bits per heavy atom. The second-order valence-electron chi connectivity index (χ2n) is 9.33. The number of aryl methyl sites for hydroxylation is 2. The Hall–Kier alpha value is -2.93. The minimum atomic E-state index is -0.0811. The van der Waals surface area contributed by atoms with Gasteiger partial charge in [-0.05, 0) is 62.9 Å². The van der Waals surface area contributed by atoms with E-state index in [-0.39, 0.29) is 11.8 Å². The Labute approximate surface area is 196 Å². The number of carbonyl (C=O) groups excluding carboxylic acids is 1. The Bertz CT molecular complexity index is 1100. The normalized spacial score (nSPS) is 14.9. The summed E-state index contributed by atoms with van der Waals surface area (Å²) >= 11 is 0. The van der Waals surface area contributed by atoms with Gasteiger partial charge in [-0.3, -0.25) is 9.69 Å². The molecule has 0 atom stereocenters. The van der Waals surface area contributed by atoms with Gasteiger partial charge in [0.2, 0.25) is 0 Å². The van der Waals surface area contributed by atoms with Crippen molar-refractivity contribution in [1.82, 2.24) is 20.4 Å². The second-order valence-corrected chi connectivity index (χ2v) is 9.33. The Balaban J connectivity index is 1.23. The highest BCUT2D eigenvalue weighted by molar-refractivity contribution is 6.06. The number of fused-ring (bicyclic) bond motifs is 1. The molecule has 0 spiro atoms. The number of amides is 1. The van der Waals surface area contributed by atoms with E-state index in [1.54, 1.807) is 0 Å². The molecule has 1 aliphatic heterocycles. The molecule has 2 aromatic heterocycles. The number of piperazine rings is 1. The van der Waals surface area contributed by atoms with E-state index in [4.69, 9.17) is 4.52 Å². The summed E-state index contributed by atoms with van der Waals surface area (Å²) in [4.78, 5) is 22.4. The van der Waals surface area contributed by atoms with Gasteiger partial charge >= 0.3 is 0 Å². The first kappa shape index (κ1) is 23.2. The molecule has 0 aliphatic carbocycles. The highest BCUT2D eigenvalue weighted by Crippen LogP contribution is 2.25. The van der Waals surface area contributed by atoms with Crippen molar-refractivity contribution in [2.75, 3.05) is 44.2 Å². The first-order valence-electron chi connectivity index (χ1n) is 12.0. The van der Waals surface area contributed by atoms with Crippen LogP contribution in [0.1, 0.15) is 59.9 Å². The zero-order chi connectivity index (χ0) is 23.4. The standard InChI is InChI=1S/C26H35N5O2/c1-18(2)23-17-22(24-20(4)29-33-26(24)28-23)25(32)27-10-5-6-11-30-12-14-31(15-13-30)21-9-7-8-19(3)16-21/h7-9,16-18H,5-6,10-15H2,1-4H3,(H,27,32). The molecule has 1 aromatic carbocycles. The maximum absolute atomic E-state index is 12.9. The molecule has 176 valence electrons. The molecule has 0 unspecified atom stereocenters. The lowest BCUT2D eigenvalue weighted by atomic mass is 10.0. The summed E-state index contributed by atoms with van der Waals surface area (Å²) in [7, 11) is 0. The minimum absolute atomic E-state index is 0.0811. The summed E-state index contributed by atoms with van der Waals surface area (Å²) in [6.45, 7) is 14.1. The number of carbonyl (C=O) groups is 1. The maximum atomic E-state index is 12.9. The lowest BCUT2D eigenvalue weighted by molar-refractivity contribution is 0.0954. The summed E-state index contributed by atoms with van der Waals surface area (Å²) in [5, 5.41) is 7.80. The molecular formula is C26H35N5O2. The second kappa shape index (κ2) is 10.3. The smallest absolute Gasteiger partial charge is 0.259 e. The lowest BCUT2D eigenvalue weighted by Crippen LogP contribution is -2.46. The molecule has 1 amide bonds. The molecule has 7 heteroatoms. The largest absolute Gasteiger partial charge is 0.369 e. The minimum Gasteiger partial charge on any atom is -0.369 e. The molecule has 1 N–H and O–H groups in total. The molecule has 4 rings (SSSR count). The number of hydrogen-bond donors (Lipinski definition) is 1. The average Bonchev–Trinajstić information content (AvgIpc) is 3.19. The first-order chi connectivity index (χ1) is 15.9. The zero-order valence-electron chi connectivity index (χ0n) is 20.2. The van der Waals surface area contributed by atoms with Crippen molar-refractivity contribution in [3.63, 3.8) is 0 Å². The van der Waals surface area contributed by atoms with Crippen molar-refractivity contribution in [2.24, 2.45) is 0 Å². The van der Waals surface area contributed by atoms with Gasteiger partial charge in [-0.1, -0.05) is 31.1 Å². The van der Waals surface area contributed by atoms with Crippen LogP contribution < -0.4 is 10.2 Å². The van der Waals surface area contributed by atoms with E-state index in [2.05, 4.69) is 70.3 Å². The average molecular weight is 450 g/mol. The van der Waals surface area contributed by atoms with Crippen LogP contribution in [0.2, 0.25) is 0 Å². The maximum Gasteiger partial charge on any atom is 0.259 e. The van der Waals surface area contributed by atoms with Gasteiger partial charge in [0.1, 0.15) is 0 Å². The number of aromatic nitrogens is 2. The summed E-state index contributed by atoms with van der Waals surface area (Å²) in [5.41, 5.74) is 5.22. The molecule has 1 aliphatic rings. The first-order valence-corrected chi connectivity index (χ1v) is 12.0. The summed E-state index contributed by atoms with van der Waals surface area (Å²) < 4.78 is 5.33. The summed E-state index contributed by atoms with van der Waals surface area (Å²) in [6.07, 6.45) is 2.03. The van der Waals surface area contributed by atoms with Crippen LogP contribution in [0.3, 0.4) is 0 Å². The van der Waals surface area contributed by atoms with Crippen LogP contribution in [0.25, 0.3) is 11.1 Å². The third-order valence-electron chi connectivity index (χ3n) is 6.40. The van der Waals surface area contributed by atoms with Gasteiger partial charge in [0.25, 0.3) is 11.6 Å². The van der Waals surface area contributed by atoms with Gasteiger partial charge in [0.05, 0.1) is 16.6 Å². The number of hydrogen-bond acceptors (Lipinski definition) is 6. The number of benzene rings is 1. The highest BCUT2D eigenvalue weighted by Gasteiger charge is 2.20. The van der Waals surface area contributed by atoms with Crippen molar-refractivity contribution in [3.8, 4) is 0 Å². The fourth-order valence-corrected chi connectivity index (χ4v) is 4.40. The molecule has 0 radical (unpaired) electrons. The van der Waals surface area contributed by atoms with E-state index < -0.39 is 0 Å². The van der Waals surface area contributed by atoms with Crippen molar-refractivity contribution >= 4 is 22.7 Å². The van der Waals surface area contributed by atoms with Crippen LogP contribution in [-0.4, -0.2) is 60.2 Å². The molecule has 3 aromatic rings. The quantitative estimate of drug-likeness (QED) is 0.517. The number of nitrogens with zero attached hydrogens (tertiary/aromatic N) is 4. The van der Waals surface area contributed by atoms with Crippen LogP contribution in [0.4, 0.5) is 5.69 Å². The van der Waals surface area contributed by atoms with Crippen molar-refractivity contribution in [3.05, 3.63) is 52.8 Å². The molecular weight excluding hydrogens is 414 g/mol. The monoisotopic (exact) mass is 449 g/mol. The molecule has 33 heavy (non-hydrogen) atoms. The fraction of sp³-hybridized carbons (Fsp3) is 0.500. The fourth-order valence-electron chi connectivity index (χ4n) is 4.40. The van der Waals surface area contributed by atoms with Crippen molar-refractivity contribution < 1.29 is 9.32 Å². The number of pyridine rings is 1. The van der Waals surface area contributed by atoms with Gasteiger partial charge in [-0.15, -0.1) is 0 Å². The van der Waals surface area contributed by atoms with E-state index in [9.17, 15) is 4.79 Å². The molecule has 7 nitrogen and oxygen atoms in total. The van der Waals surface area contributed by atoms with E-state index >= 15 is 0 Å². The molecule has 3 heterocycles. The topological polar surface area (TPSA) is 74.5 Å². The Morgan fingerprint density at radius 3 is 2.64 bits per heavy atom. The van der Waals surface area contributed by atoms with Crippen LogP contribution in [-0.2, 0) is 0 Å². The van der Waals surface area contributed by atoms with Gasteiger partial charge in [-0.2, -0.15) is 0 Å². The third kappa shape index (κ3) is 5.53. The SMILES string of the molecule is Cc1cccc(N2CCN(CCCCNC(=O)c3cc(C(C)C)nc4onc(C)c34)CC2)c1. The van der Waals surface area contributed by atoms with Gasteiger partial charge < -0.3 is 14.7 Å². The number of nitrogens with one attached hydrogen (secondary N) is 1. The highest BCUT2D eigenvalue weighted by atomic mass is 16.5. The number of anilines is 1. The van der Waals surface area contributed by atoms with E-state index in [1.165, 1.54) is 11.3 Å². The molecule has 0 bridgehead atoms. The molecule has 1 saturated heterocycles. The van der Waals surface area contributed by atoms with Crippen LogP contribution in [0, 0.1) is 13.8 Å². The molecule has 0 saturated carbocycles. The number of rotatable bonds is 8. The lowest BCUT2D eigenvalue weighted by Gasteiger charge is -2.36. The predicted molar refractivity (Wildman–Crippen MR) is 132 cm³/mol. The van der Waals surface area contributed by atoms with Gasteiger partial charge in [0, 0.05) is 44.1 Å². The van der Waals surface area contributed by atoms with Crippen molar-refractivity contribution in [1.29, 1.82) is 0 Å².